The van der Waals surface area contributed by atoms with Crippen LogP contribution in [0.3, 0.4) is 0 Å². The third-order valence-electron chi connectivity index (χ3n) is 4.13. The second-order valence-electron chi connectivity index (χ2n) is 5.96. The second-order valence-corrected chi connectivity index (χ2v) is 5.96. The van der Waals surface area contributed by atoms with Gasteiger partial charge in [0.15, 0.2) is 5.65 Å². The lowest BCUT2D eigenvalue weighted by Gasteiger charge is -2.30. The van der Waals surface area contributed by atoms with Gasteiger partial charge >= 0.3 is 6.18 Å². The minimum Gasteiger partial charge on any atom is -0.367 e. The predicted molar refractivity (Wildman–Crippen MR) is 79.1 cm³/mol. The van der Waals surface area contributed by atoms with Gasteiger partial charge in [0.05, 0.1) is 0 Å². The number of aromatic nitrogens is 4. The zero-order chi connectivity index (χ0) is 16.4. The maximum atomic E-state index is 12.8. The number of alkyl halides is 3. The van der Waals surface area contributed by atoms with Crippen molar-refractivity contribution < 1.29 is 13.2 Å². The van der Waals surface area contributed by atoms with E-state index < -0.39 is 12.0 Å². The molecule has 0 aliphatic carbocycles. The van der Waals surface area contributed by atoms with Crippen LogP contribution in [0.1, 0.15) is 25.6 Å². The Labute approximate surface area is 131 Å². The van der Waals surface area contributed by atoms with Gasteiger partial charge in [-0.05, 0) is 44.0 Å². The van der Waals surface area contributed by atoms with E-state index in [4.69, 9.17) is 0 Å². The molecule has 2 aromatic rings. The van der Waals surface area contributed by atoms with Crippen molar-refractivity contribution in [3.8, 4) is 0 Å². The van der Waals surface area contributed by atoms with Crippen LogP contribution in [-0.2, 0) is 6.18 Å². The normalized spacial score (nSPS) is 17.7. The van der Waals surface area contributed by atoms with Crippen LogP contribution in [0.5, 0.6) is 0 Å². The molecule has 1 aliphatic rings. The minimum atomic E-state index is -4.57. The predicted octanol–water partition coefficient (Wildman–Crippen LogP) is 2.29. The minimum absolute atomic E-state index is 0.0768. The first kappa shape index (κ1) is 16.0. The molecule has 0 radical (unpaired) electrons. The number of nitrogens with one attached hydrogen (secondary N) is 1. The van der Waals surface area contributed by atoms with Crippen LogP contribution in [0.15, 0.2) is 12.1 Å². The fourth-order valence-electron chi connectivity index (χ4n) is 2.69. The molecule has 6 nitrogen and oxygen atoms in total. The fraction of sp³-hybridized carbons (Fsp3) is 0.643. The molecule has 2 aromatic heterocycles. The van der Waals surface area contributed by atoms with Crippen LogP contribution in [-0.4, -0.2) is 50.9 Å². The Morgan fingerprint density at radius 1 is 1.22 bits per heavy atom. The van der Waals surface area contributed by atoms with E-state index >= 15 is 0 Å². The summed E-state index contributed by atoms with van der Waals surface area (Å²) < 4.78 is 39.2. The number of hydrogen-bond acceptors (Lipinski definition) is 5. The Morgan fingerprint density at radius 3 is 2.65 bits per heavy atom. The maximum absolute atomic E-state index is 12.8. The van der Waals surface area contributed by atoms with Crippen LogP contribution < -0.4 is 5.32 Å². The average Bonchev–Trinajstić information content (AvgIpc) is 2.92. The molecule has 1 aliphatic heterocycles. The highest BCUT2D eigenvalue weighted by Crippen LogP contribution is 2.27. The molecule has 0 saturated carbocycles. The van der Waals surface area contributed by atoms with Gasteiger partial charge in [-0.2, -0.15) is 17.7 Å². The van der Waals surface area contributed by atoms with Crippen molar-refractivity contribution in [3.05, 3.63) is 18.0 Å². The average molecular weight is 328 g/mol. The molecule has 9 heteroatoms. The van der Waals surface area contributed by atoms with E-state index in [2.05, 4.69) is 32.4 Å². The van der Waals surface area contributed by atoms with Gasteiger partial charge in [0.1, 0.15) is 5.82 Å². The summed E-state index contributed by atoms with van der Waals surface area (Å²) in [5, 5.41) is 13.6. The fourth-order valence-corrected chi connectivity index (χ4v) is 2.69. The molecule has 0 spiro atoms. The van der Waals surface area contributed by atoms with Crippen molar-refractivity contribution >= 4 is 11.5 Å². The molecule has 23 heavy (non-hydrogen) atoms. The molecule has 0 amide bonds. The van der Waals surface area contributed by atoms with Crippen molar-refractivity contribution in [1.82, 2.24) is 24.7 Å². The lowest BCUT2D eigenvalue weighted by Crippen LogP contribution is -2.36. The lowest BCUT2D eigenvalue weighted by molar-refractivity contribution is -0.146. The van der Waals surface area contributed by atoms with E-state index in [0.717, 1.165) is 30.1 Å². The number of nitrogens with zero attached hydrogens (tertiary/aromatic N) is 5. The number of halogens is 3. The number of anilines is 1. The van der Waals surface area contributed by atoms with Crippen molar-refractivity contribution in [1.29, 1.82) is 0 Å². The molecule has 3 heterocycles. The van der Waals surface area contributed by atoms with Gasteiger partial charge in [0, 0.05) is 13.1 Å². The topological polar surface area (TPSA) is 58.3 Å². The van der Waals surface area contributed by atoms with E-state index in [1.54, 1.807) is 6.07 Å². The highest BCUT2D eigenvalue weighted by Gasteiger charge is 2.37. The molecule has 3 rings (SSSR count). The van der Waals surface area contributed by atoms with Gasteiger partial charge < -0.3 is 10.2 Å². The van der Waals surface area contributed by atoms with E-state index in [1.807, 2.05) is 0 Å². The maximum Gasteiger partial charge on any atom is 0.453 e. The first-order valence-electron chi connectivity index (χ1n) is 7.69. The summed E-state index contributed by atoms with van der Waals surface area (Å²) in [6, 6.07) is 3.09. The van der Waals surface area contributed by atoms with Crippen LogP contribution >= 0.6 is 0 Å². The summed E-state index contributed by atoms with van der Waals surface area (Å²) >= 11 is 0. The summed E-state index contributed by atoms with van der Waals surface area (Å²) in [6.45, 7) is 5.88. The van der Waals surface area contributed by atoms with Gasteiger partial charge in [0.25, 0.3) is 5.82 Å². The smallest absolute Gasteiger partial charge is 0.367 e. The molecule has 0 bridgehead atoms. The van der Waals surface area contributed by atoms with Gasteiger partial charge in [-0.3, -0.25) is 0 Å². The number of likely N-dealkylation sites (tertiary alicyclic amines) is 1. The lowest BCUT2D eigenvalue weighted by atomic mass is 9.99. The van der Waals surface area contributed by atoms with Crippen molar-refractivity contribution in [2.45, 2.75) is 25.9 Å². The highest BCUT2D eigenvalue weighted by molar-refractivity contribution is 5.44. The zero-order valence-corrected chi connectivity index (χ0v) is 12.8. The van der Waals surface area contributed by atoms with Crippen molar-refractivity contribution in [2.75, 3.05) is 31.5 Å². The highest BCUT2D eigenvalue weighted by atomic mass is 19.4. The van der Waals surface area contributed by atoms with Crippen LogP contribution in [0, 0.1) is 5.92 Å². The summed E-state index contributed by atoms with van der Waals surface area (Å²) in [5.41, 5.74) is 0.0768. The Kier molecular flexibility index (Phi) is 4.38. The third kappa shape index (κ3) is 3.72. The monoisotopic (exact) mass is 328 g/mol. The second kappa shape index (κ2) is 6.31. The molecule has 0 atom stereocenters. The van der Waals surface area contributed by atoms with E-state index in [0.29, 0.717) is 12.4 Å². The quantitative estimate of drug-likeness (QED) is 0.933. The van der Waals surface area contributed by atoms with Crippen LogP contribution in [0.25, 0.3) is 5.65 Å². The molecule has 1 fully saturated rings. The summed E-state index contributed by atoms with van der Waals surface area (Å²) in [7, 11) is 0. The molecular formula is C14H19F3N6. The number of fused-ring (bicyclic) bond motifs is 1. The van der Waals surface area contributed by atoms with Crippen LogP contribution in [0.2, 0.25) is 0 Å². The molecular weight excluding hydrogens is 309 g/mol. The van der Waals surface area contributed by atoms with E-state index in [9.17, 15) is 13.2 Å². The molecule has 0 unspecified atom stereocenters. The first-order valence-corrected chi connectivity index (χ1v) is 7.69. The van der Waals surface area contributed by atoms with Gasteiger partial charge in [-0.25, -0.2) is 0 Å². The van der Waals surface area contributed by atoms with Gasteiger partial charge in [0.2, 0.25) is 0 Å². The largest absolute Gasteiger partial charge is 0.453 e. The molecule has 1 saturated heterocycles. The molecule has 126 valence electrons. The number of hydrogen-bond donors (Lipinski definition) is 1. The summed E-state index contributed by atoms with van der Waals surface area (Å²) in [4.78, 5) is 2.35. The third-order valence-corrected chi connectivity index (χ3v) is 4.13. The molecule has 0 aromatic carbocycles. The van der Waals surface area contributed by atoms with Gasteiger partial charge in [-0.1, -0.05) is 6.92 Å². The van der Waals surface area contributed by atoms with Crippen LogP contribution in [0.4, 0.5) is 19.0 Å². The van der Waals surface area contributed by atoms with Crippen molar-refractivity contribution in [2.24, 2.45) is 5.92 Å². The van der Waals surface area contributed by atoms with Gasteiger partial charge in [-0.15, -0.1) is 15.3 Å². The Hall–Kier alpha value is -1.90. The van der Waals surface area contributed by atoms with E-state index in [-0.39, 0.29) is 5.65 Å². The number of rotatable bonds is 4. The first-order chi connectivity index (χ1) is 10.9. The summed E-state index contributed by atoms with van der Waals surface area (Å²) in [6.07, 6.45) is -2.19. The zero-order valence-electron chi connectivity index (χ0n) is 12.8. The Balaban J connectivity index is 1.62. The summed E-state index contributed by atoms with van der Waals surface area (Å²) in [5.74, 6) is 0.0483. The Bertz CT molecular complexity index is 660. The Morgan fingerprint density at radius 2 is 1.96 bits per heavy atom. The molecule has 1 N–H and O–H groups in total. The standard InChI is InChI=1S/C14H19F3N6/c1-10-4-7-22(8-5-10)9-6-18-11-2-3-12-19-20-13(14(15,16)17)23(12)21-11/h2-3,10H,4-9H2,1H3,(H,18,21). The van der Waals surface area contributed by atoms with E-state index in [1.165, 1.54) is 18.9 Å². The van der Waals surface area contributed by atoms with Crippen molar-refractivity contribution in [3.63, 3.8) is 0 Å². The SMILES string of the molecule is CC1CCN(CCNc2ccc3nnc(C(F)(F)F)n3n2)CC1. The number of piperidine rings is 1.